The maximum absolute atomic E-state index is 11.9. The van der Waals surface area contributed by atoms with Crippen LogP contribution in [-0.2, 0) is 10.2 Å². The van der Waals surface area contributed by atoms with Crippen LogP contribution < -0.4 is 5.32 Å². The monoisotopic (exact) mass is 231 g/mol. The third-order valence-corrected chi connectivity index (χ3v) is 3.69. The fourth-order valence-corrected chi connectivity index (χ4v) is 2.60. The van der Waals surface area contributed by atoms with E-state index in [1.807, 2.05) is 40.7 Å². The summed E-state index contributed by atoms with van der Waals surface area (Å²) in [4.78, 5) is 23.9. The summed E-state index contributed by atoms with van der Waals surface area (Å²) in [6.45, 7) is 9.62. The molecule has 1 heterocycles. The van der Waals surface area contributed by atoms with Crippen molar-refractivity contribution in [3.63, 3.8) is 0 Å². The third-order valence-electron chi connectivity index (χ3n) is 3.69. The first-order valence-corrected chi connectivity index (χ1v) is 5.74. The van der Waals surface area contributed by atoms with Crippen LogP contribution in [0, 0.1) is 20.8 Å². The number of fused-ring (bicyclic) bond motifs is 1. The van der Waals surface area contributed by atoms with Gasteiger partial charge in [0.2, 0.25) is 5.91 Å². The lowest BCUT2D eigenvalue weighted by Crippen LogP contribution is -2.49. The second kappa shape index (κ2) is 3.42. The van der Waals surface area contributed by atoms with E-state index in [0.717, 1.165) is 22.3 Å². The van der Waals surface area contributed by atoms with E-state index in [-0.39, 0.29) is 11.8 Å². The highest BCUT2D eigenvalue weighted by molar-refractivity contribution is 6.14. The van der Waals surface area contributed by atoms with E-state index in [1.54, 1.807) is 0 Å². The summed E-state index contributed by atoms with van der Waals surface area (Å²) in [5, 5.41) is 2.44. The van der Waals surface area contributed by atoms with Gasteiger partial charge in [-0.15, -0.1) is 0 Å². The van der Waals surface area contributed by atoms with Crippen LogP contribution >= 0.6 is 0 Å². The molecule has 2 amide bonds. The van der Waals surface area contributed by atoms with E-state index in [4.69, 9.17) is 0 Å². The molecule has 3 nitrogen and oxygen atoms in total. The summed E-state index contributed by atoms with van der Waals surface area (Å²) < 4.78 is 0. The average Bonchev–Trinajstić information content (AvgIpc) is 2.20. The van der Waals surface area contributed by atoms with Crippen LogP contribution in [0.4, 0.5) is 0 Å². The van der Waals surface area contributed by atoms with Gasteiger partial charge in [0.05, 0.1) is 5.41 Å². The van der Waals surface area contributed by atoms with Gasteiger partial charge in [-0.25, -0.2) is 0 Å². The molecule has 0 bridgehead atoms. The van der Waals surface area contributed by atoms with Crippen molar-refractivity contribution in [3.8, 4) is 0 Å². The molecule has 0 spiro atoms. The van der Waals surface area contributed by atoms with Gasteiger partial charge in [-0.1, -0.05) is 6.07 Å². The standard InChI is InChI=1S/C14H17NO2/c1-7-6-8(2)10-11(9(7)3)14(4,5)13(17)15-12(10)16/h6H,1-5H3,(H,15,16,17). The first kappa shape index (κ1) is 11.8. The molecule has 0 radical (unpaired) electrons. The number of hydrogen-bond acceptors (Lipinski definition) is 2. The average molecular weight is 231 g/mol. The largest absolute Gasteiger partial charge is 0.292 e. The molecule has 0 unspecified atom stereocenters. The first-order chi connectivity index (χ1) is 7.76. The third kappa shape index (κ3) is 1.49. The van der Waals surface area contributed by atoms with E-state index < -0.39 is 5.41 Å². The lowest BCUT2D eigenvalue weighted by atomic mass is 9.73. The van der Waals surface area contributed by atoms with Crippen molar-refractivity contribution in [2.45, 2.75) is 40.0 Å². The van der Waals surface area contributed by atoms with E-state index in [2.05, 4.69) is 5.32 Å². The van der Waals surface area contributed by atoms with Crippen LogP contribution in [0.15, 0.2) is 6.07 Å². The maximum atomic E-state index is 11.9. The van der Waals surface area contributed by atoms with E-state index in [1.165, 1.54) is 0 Å². The molecule has 1 aromatic rings. The number of benzene rings is 1. The maximum Gasteiger partial charge on any atom is 0.258 e. The van der Waals surface area contributed by atoms with Gasteiger partial charge < -0.3 is 0 Å². The molecular weight excluding hydrogens is 214 g/mol. The molecule has 2 rings (SSSR count). The fourth-order valence-electron chi connectivity index (χ4n) is 2.60. The first-order valence-electron chi connectivity index (χ1n) is 5.74. The van der Waals surface area contributed by atoms with Gasteiger partial charge in [0, 0.05) is 5.56 Å². The molecule has 3 heteroatoms. The highest BCUT2D eigenvalue weighted by Crippen LogP contribution is 2.36. The van der Waals surface area contributed by atoms with Crippen molar-refractivity contribution in [1.82, 2.24) is 5.32 Å². The molecule has 1 aliphatic heterocycles. The summed E-state index contributed by atoms with van der Waals surface area (Å²) in [6, 6.07) is 2.00. The zero-order valence-electron chi connectivity index (χ0n) is 10.9. The van der Waals surface area contributed by atoms with Crippen molar-refractivity contribution in [3.05, 3.63) is 33.9 Å². The van der Waals surface area contributed by atoms with Crippen LogP contribution in [0.5, 0.6) is 0 Å². The van der Waals surface area contributed by atoms with Crippen molar-refractivity contribution in [1.29, 1.82) is 0 Å². The van der Waals surface area contributed by atoms with Gasteiger partial charge >= 0.3 is 0 Å². The predicted octanol–water partition coefficient (Wildman–Crippen LogP) is 2.16. The predicted molar refractivity (Wildman–Crippen MR) is 66.2 cm³/mol. The number of carbonyl (C=O) groups is 2. The van der Waals surface area contributed by atoms with Gasteiger partial charge in [0.15, 0.2) is 0 Å². The number of carbonyl (C=O) groups excluding carboxylic acids is 2. The van der Waals surface area contributed by atoms with Crippen molar-refractivity contribution in [2.24, 2.45) is 0 Å². The molecule has 1 aromatic carbocycles. The normalized spacial score (nSPS) is 17.7. The Hall–Kier alpha value is -1.64. The molecule has 0 aliphatic carbocycles. The number of amides is 2. The summed E-state index contributed by atoms with van der Waals surface area (Å²) >= 11 is 0. The second-order valence-electron chi connectivity index (χ2n) is 5.29. The minimum atomic E-state index is -0.649. The molecule has 0 aromatic heterocycles. The zero-order chi connectivity index (χ0) is 13.0. The quantitative estimate of drug-likeness (QED) is 0.695. The summed E-state index contributed by atoms with van der Waals surface area (Å²) in [6.07, 6.45) is 0. The van der Waals surface area contributed by atoms with E-state index in [0.29, 0.717) is 5.56 Å². The minimum absolute atomic E-state index is 0.219. The van der Waals surface area contributed by atoms with Gasteiger partial charge in [0.1, 0.15) is 0 Å². The van der Waals surface area contributed by atoms with E-state index in [9.17, 15) is 9.59 Å². The Kier molecular flexibility index (Phi) is 2.38. The van der Waals surface area contributed by atoms with Gasteiger partial charge in [0.25, 0.3) is 5.91 Å². The molecule has 90 valence electrons. The highest BCUT2D eigenvalue weighted by atomic mass is 16.2. The van der Waals surface area contributed by atoms with Crippen LogP contribution in [0.3, 0.4) is 0 Å². The Morgan fingerprint density at radius 1 is 1.06 bits per heavy atom. The summed E-state index contributed by atoms with van der Waals surface area (Å²) in [5.41, 5.74) is 3.99. The topological polar surface area (TPSA) is 46.2 Å². The number of imide groups is 1. The Labute approximate surface area is 101 Å². The highest BCUT2D eigenvalue weighted by Gasteiger charge is 2.41. The van der Waals surface area contributed by atoms with Crippen molar-refractivity contribution < 1.29 is 9.59 Å². The number of nitrogens with one attached hydrogen (secondary N) is 1. The summed E-state index contributed by atoms with van der Waals surface area (Å²) in [5.74, 6) is -0.493. The Morgan fingerprint density at radius 2 is 1.65 bits per heavy atom. The number of rotatable bonds is 0. The molecular formula is C14H17NO2. The molecule has 0 saturated carbocycles. The number of hydrogen-bond donors (Lipinski definition) is 1. The summed E-state index contributed by atoms with van der Waals surface area (Å²) in [7, 11) is 0. The minimum Gasteiger partial charge on any atom is -0.292 e. The Bertz CT molecular complexity index is 542. The molecule has 0 saturated heterocycles. The van der Waals surface area contributed by atoms with Crippen LogP contribution in [0.2, 0.25) is 0 Å². The molecule has 1 N–H and O–H groups in total. The Morgan fingerprint density at radius 3 is 2.24 bits per heavy atom. The van der Waals surface area contributed by atoms with Crippen molar-refractivity contribution >= 4 is 11.8 Å². The lowest BCUT2D eigenvalue weighted by Gasteiger charge is -2.33. The van der Waals surface area contributed by atoms with Crippen LogP contribution in [0.25, 0.3) is 0 Å². The van der Waals surface area contributed by atoms with Crippen molar-refractivity contribution in [2.75, 3.05) is 0 Å². The van der Waals surface area contributed by atoms with Gasteiger partial charge in [-0.2, -0.15) is 0 Å². The zero-order valence-corrected chi connectivity index (χ0v) is 10.9. The van der Waals surface area contributed by atoms with Gasteiger partial charge in [-0.3, -0.25) is 14.9 Å². The second-order valence-corrected chi connectivity index (χ2v) is 5.29. The lowest BCUT2D eigenvalue weighted by molar-refractivity contribution is -0.125. The smallest absolute Gasteiger partial charge is 0.258 e. The Balaban J connectivity index is 2.89. The molecule has 0 atom stereocenters. The molecule has 1 aliphatic rings. The van der Waals surface area contributed by atoms with Crippen LogP contribution in [-0.4, -0.2) is 11.8 Å². The van der Waals surface area contributed by atoms with Gasteiger partial charge in [-0.05, 0) is 56.9 Å². The van der Waals surface area contributed by atoms with E-state index >= 15 is 0 Å². The number of aryl methyl sites for hydroxylation is 2. The molecule has 17 heavy (non-hydrogen) atoms. The van der Waals surface area contributed by atoms with Crippen LogP contribution in [0.1, 0.15) is 46.5 Å². The fraction of sp³-hybridized carbons (Fsp3) is 0.429. The molecule has 0 fully saturated rings. The SMILES string of the molecule is Cc1cc(C)c2c(c1C)C(C)(C)C(=O)NC2=O.